The summed E-state index contributed by atoms with van der Waals surface area (Å²) in [6.07, 6.45) is 3.57. The highest BCUT2D eigenvalue weighted by Crippen LogP contribution is 2.34. The van der Waals surface area contributed by atoms with Crippen LogP contribution < -0.4 is 10.9 Å². The van der Waals surface area contributed by atoms with Gasteiger partial charge >= 0.3 is 0 Å². The SMILES string of the molecule is CCCn1ncc(NCC2Cc3ccccc32)c(Cl)c1=O. The van der Waals surface area contributed by atoms with E-state index in [1.807, 2.05) is 6.92 Å². The van der Waals surface area contributed by atoms with Crippen molar-refractivity contribution in [1.82, 2.24) is 9.78 Å². The Labute approximate surface area is 128 Å². The number of benzene rings is 1. The van der Waals surface area contributed by atoms with E-state index in [2.05, 4.69) is 34.7 Å². The van der Waals surface area contributed by atoms with Gasteiger partial charge in [0.15, 0.2) is 0 Å². The molecule has 0 aliphatic heterocycles. The minimum atomic E-state index is -0.225. The van der Waals surface area contributed by atoms with Crippen LogP contribution in [0.4, 0.5) is 5.69 Å². The lowest BCUT2D eigenvalue weighted by Gasteiger charge is -2.30. The van der Waals surface area contributed by atoms with Crippen molar-refractivity contribution in [1.29, 1.82) is 0 Å². The third kappa shape index (κ3) is 2.68. The van der Waals surface area contributed by atoms with Crippen molar-refractivity contribution in [2.75, 3.05) is 11.9 Å². The Balaban J connectivity index is 1.70. The van der Waals surface area contributed by atoms with Crippen molar-refractivity contribution in [3.05, 3.63) is 57.0 Å². The Kier molecular flexibility index (Phi) is 3.97. The first kappa shape index (κ1) is 14.1. The molecule has 1 aliphatic carbocycles. The second-order valence-electron chi connectivity index (χ2n) is 5.38. The van der Waals surface area contributed by atoms with Gasteiger partial charge in [-0.25, -0.2) is 4.68 Å². The van der Waals surface area contributed by atoms with Gasteiger partial charge in [-0.3, -0.25) is 4.79 Å². The third-order valence-electron chi connectivity index (χ3n) is 3.92. The molecule has 1 unspecified atom stereocenters. The van der Waals surface area contributed by atoms with Crippen molar-refractivity contribution in [2.24, 2.45) is 0 Å². The first-order valence-corrected chi connectivity index (χ1v) is 7.65. The lowest BCUT2D eigenvalue weighted by Crippen LogP contribution is -2.27. The van der Waals surface area contributed by atoms with Gasteiger partial charge in [0.2, 0.25) is 0 Å². The number of aryl methyl sites for hydroxylation is 1. The van der Waals surface area contributed by atoms with E-state index in [1.165, 1.54) is 15.8 Å². The summed E-state index contributed by atoms with van der Waals surface area (Å²) in [7, 11) is 0. The first-order valence-electron chi connectivity index (χ1n) is 7.28. The Bertz CT molecular complexity index is 711. The van der Waals surface area contributed by atoms with Crippen molar-refractivity contribution in [3.8, 4) is 0 Å². The number of aromatic nitrogens is 2. The highest BCUT2D eigenvalue weighted by atomic mass is 35.5. The van der Waals surface area contributed by atoms with Crippen LogP contribution in [-0.2, 0) is 13.0 Å². The lowest BCUT2D eigenvalue weighted by atomic mass is 9.77. The number of rotatable bonds is 5. The van der Waals surface area contributed by atoms with Crippen molar-refractivity contribution >= 4 is 17.3 Å². The number of nitrogens with one attached hydrogen (secondary N) is 1. The molecule has 0 fully saturated rings. The largest absolute Gasteiger partial charge is 0.382 e. The normalized spacial score (nSPS) is 16.2. The van der Waals surface area contributed by atoms with E-state index in [-0.39, 0.29) is 10.6 Å². The molecule has 1 aliphatic rings. The molecule has 1 N–H and O–H groups in total. The molecule has 0 bridgehead atoms. The van der Waals surface area contributed by atoms with Gasteiger partial charge < -0.3 is 5.32 Å². The van der Waals surface area contributed by atoms with Gasteiger partial charge in [0, 0.05) is 19.0 Å². The van der Waals surface area contributed by atoms with E-state index in [0.29, 0.717) is 18.2 Å². The molecule has 0 radical (unpaired) electrons. The van der Waals surface area contributed by atoms with Crippen LogP contribution in [0.3, 0.4) is 0 Å². The number of hydrogen-bond acceptors (Lipinski definition) is 3. The predicted molar refractivity (Wildman–Crippen MR) is 85.2 cm³/mol. The molecule has 2 aromatic rings. The Morgan fingerprint density at radius 2 is 2.24 bits per heavy atom. The molecule has 0 spiro atoms. The maximum absolute atomic E-state index is 12.0. The highest BCUT2D eigenvalue weighted by molar-refractivity contribution is 6.32. The molecule has 4 nitrogen and oxygen atoms in total. The molecular formula is C16H18ClN3O. The topological polar surface area (TPSA) is 46.9 Å². The van der Waals surface area contributed by atoms with E-state index < -0.39 is 0 Å². The van der Waals surface area contributed by atoms with Crippen LogP contribution in [0.1, 0.15) is 30.4 Å². The van der Waals surface area contributed by atoms with Gasteiger partial charge in [-0.1, -0.05) is 42.8 Å². The average Bonchev–Trinajstić information content (AvgIpc) is 2.47. The molecule has 1 aromatic heterocycles. The Morgan fingerprint density at radius 1 is 1.43 bits per heavy atom. The fraction of sp³-hybridized carbons (Fsp3) is 0.375. The summed E-state index contributed by atoms with van der Waals surface area (Å²) in [6.45, 7) is 3.37. The van der Waals surface area contributed by atoms with Gasteiger partial charge in [0.1, 0.15) is 5.02 Å². The van der Waals surface area contributed by atoms with E-state index in [4.69, 9.17) is 11.6 Å². The number of fused-ring (bicyclic) bond motifs is 1. The fourth-order valence-corrected chi connectivity index (χ4v) is 2.95. The van der Waals surface area contributed by atoms with Gasteiger partial charge in [0.25, 0.3) is 5.56 Å². The highest BCUT2D eigenvalue weighted by Gasteiger charge is 2.25. The summed E-state index contributed by atoms with van der Waals surface area (Å²) in [5, 5.41) is 7.64. The zero-order chi connectivity index (χ0) is 14.8. The molecule has 0 saturated carbocycles. The first-order chi connectivity index (χ1) is 10.2. The predicted octanol–water partition coefficient (Wildman–Crippen LogP) is 3.06. The van der Waals surface area contributed by atoms with Gasteiger partial charge in [-0.15, -0.1) is 0 Å². The number of halogens is 1. The summed E-state index contributed by atoms with van der Waals surface area (Å²) in [5.74, 6) is 0.482. The molecule has 5 heteroatoms. The maximum Gasteiger partial charge on any atom is 0.287 e. The summed E-state index contributed by atoms with van der Waals surface area (Å²) in [5.41, 5.74) is 3.19. The molecule has 1 heterocycles. The molecule has 0 saturated heterocycles. The molecule has 3 rings (SSSR count). The van der Waals surface area contributed by atoms with Crippen LogP contribution in [-0.4, -0.2) is 16.3 Å². The Morgan fingerprint density at radius 3 is 3.00 bits per heavy atom. The maximum atomic E-state index is 12.0. The van der Waals surface area contributed by atoms with Gasteiger partial charge in [0.05, 0.1) is 11.9 Å². The third-order valence-corrected chi connectivity index (χ3v) is 4.29. The molecule has 110 valence electrons. The number of anilines is 1. The van der Waals surface area contributed by atoms with Gasteiger partial charge in [-0.2, -0.15) is 5.10 Å². The van der Waals surface area contributed by atoms with Gasteiger partial charge in [-0.05, 0) is 24.0 Å². The van der Waals surface area contributed by atoms with Crippen LogP contribution >= 0.6 is 11.6 Å². The number of nitrogens with zero attached hydrogens (tertiary/aromatic N) is 2. The van der Waals surface area contributed by atoms with E-state index >= 15 is 0 Å². The summed E-state index contributed by atoms with van der Waals surface area (Å²) in [6, 6.07) is 8.44. The second-order valence-corrected chi connectivity index (χ2v) is 5.76. The minimum absolute atomic E-state index is 0.225. The molecule has 0 amide bonds. The monoisotopic (exact) mass is 303 g/mol. The quantitative estimate of drug-likeness (QED) is 0.923. The van der Waals surface area contributed by atoms with Crippen LogP contribution in [0.25, 0.3) is 0 Å². The van der Waals surface area contributed by atoms with Crippen LogP contribution in [0, 0.1) is 0 Å². The number of hydrogen-bond donors (Lipinski definition) is 1. The molecule has 1 atom stereocenters. The smallest absolute Gasteiger partial charge is 0.287 e. The minimum Gasteiger partial charge on any atom is -0.382 e. The zero-order valence-electron chi connectivity index (χ0n) is 12.0. The van der Waals surface area contributed by atoms with Crippen LogP contribution in [0.5, 0.6) is 0 Å². The van der Waals surface area contributed by atoms with E-state index in [0.717, 1.165) is 19.4 Å². The Hall–Kier alpha value is -1.81. The molecular weight excluding hydrogens is 286 g/mol. The zero-order valence-corrected chi connectivity index (χ0v) is 12.7. The van der Waals surface area contributed by atoms with Crippen LogP contribution in [0.2, 0.25) is 5.02 Å². The standard InChI is InChI=1S/C16H18ClN3O/c1-2-7-20-16(21)15(17)14(10-19-20)18-9-12-8-11-5-3-4-6-13(11)12/h3-6,10,12,18H,2,7-9H2,1H3. The summed E-state index contributed by atoms with van der Waals surface area (Å²) in [4.78, 5) is 12.0. The summed E-state index contributed by atoms with van der Waals surface area (Å²) < 4.78 is 1.41. The van der Waals surface area contributed by atoms with Crippen molar-refractivity contribution in [2.45, 2.75) is 32.2 Å². The average molecular weight is 304 g/mol. The second kappa shape index (κ2) is 5.90. The van der Waals surface area contributed by atoms with E-state index in [9.17, 15) is 4.79 Å². The summed E-state index contributed by atoms with van der Waals surface area (Å²) >= 11 is 6.14. The fourth-order valence-electron chi connectivity index (χ4n) is 2.74. The van der Waals surface area contributed by atoms with Crippen molar-refractivity contribution in [3.63, 3.8) is 0 Å². The van der Waals surface area contributed by atoms with Crippen molar-refractivity contribution < 1.29 is 0 Å². The lowest BCUT2D eigenvalue weighted by molar-refractivity contribution is 0.568. The van der Waals surface area contributed by atoms with E-state index in [1.54, 1.807) is 6.20 Å². The molecule has 1 aromatic carbocycles. The molecule has 21 heavy (non-hydrogen) atoms. The van der Waals surface area contributed by atoms with Crippen LogP contribution in [0.15, 0.2) is 35.3 Å².